The van der Waals surface area contributed by atoms with E-state index in [0.717, 1.165) is 73.0 Å². The lowest BCUT2D eigenvalue weighted by Gasteiger charge is -2.22. The van der Waals surface area contributed by atoms with E-state index in [2.05, 4.69) is 119 Å². The SMILES string of the molecule is C1=CC=CC(c2cccc(-c3ccccc3)c2Nc2c(Nc3cccc(Oc4cccc(-n5cccn5)c4)c3)ccc3ccccc23)=CC=1. The molecule has 0 unspecified atom stereocenters. The van der Waals surface area contributed by atoms with Gasteiger partial charge in [0, 0.05) is 46.7 Å². The first-order valence-electron chi connectivity index (χ1n) is 16.2. The summed E-state index contributed by atoms with van der Waals surface area (Å²) in [5.74, 6) is 1.46. The number of allylic oxidation sites excluding steroid dienone is 5. The second-order valence-electron chi connectivity index (χ2n) is 11.6. The molecule has 0 atom stereocenters. The lowest BCUT2D eigenvalue weighted by Crippen LogP contribution is -2.03. The monoisotopic (exact) mass is 632 g/mol. The fraction of sp³-hybridized carbons (Fsp3) is 0. The van der Waals surface area contributed by atoms with Gasteiger partial charge in [-0.05, 0) is 71.1 Å². The highest BCUT2D eigenvalue weighted by atomic mass is 16.5. The van der Waals surface area contributed by atoms with Crippen LogP contribution >= 0.6 is 0 Å². The molecular weight excluding hydrogens is 601 g/mol. The standard InChI is InChI=1S/C44H32N4O/c1-2-5-15-32(14-4-1)39-24-12-25-40(33-16-6-3-7-17-33)43(39)47-44-41-23-9-8-18-34(41)26-27-42(44)46-35-19-10-21-37(30-35)49-38-22-11-20-36(31-38)48-29-13-28-45-48/h1,3-31,46-47H. The number of hydrogen-bond acceptors (Lipinski definition) is 4. The normalized spacial score (nSPS) is 12.0. The molecule has 234 valence electrons. The summed E-state index contributed by atoms with van der Waals surface area (Å²) in [4.78, 5) is 0. The molecular formula is C44H32N4O. The molecule has 0 aliphatic heterocycles. The zero-order valence-electron chi connectivity index (χ0n) is 26.6. The summed E-state index contributed by atoms with van der Waals surface area (Å²) in [6.45, 7) is 0. The molecule has 0 saturated heterocycles. The molecule has 6 aromatic carbocycles. The fourth-order valence-corrected chi connectivity index (χ4v) is 6.10. The highest BCUT2D eigenvalue weighted by molar-refractivity contribution is 6.05. The lowest BCUT2D eigenvalue weighted by atomic mass is 9.94. The molecule has 0 fully saturated rings. The van der Waals surface area contributed by atoms with Gasteiger partial charge in [-0.3, -0.25) is 0 Å². The predicted octanol–water partition coefficient (Wildman–Crippen LogP) is 11.6. The number of fused-ring (bicyclic) bond motifs is 1. The van der Waals surface area contributed by atoms with Gasteiger partial charge in [0.15, 0.2) is 0 Å². The molecule has 1 aromatic heterocycles. The summed E-state index contributed by atoms with van der Waals surface area (Å²) in [6, 6.07) is 47.6. The minimum atomic E-state index is 0.725. The van der Waals surface area contributed by atoms with Crippen LogP contribution in [-0.4, -0.2) is 9.78 Å². The van der Waals surface area contributed by atoms with Crippen LogP contribution in [0.15, 0.2) is 188 Å². The van der Waals surface area contributed by atoms with Crippen LogP contribution in [0.3, 0.4) is 0 Å². The van der Waals surface area contributed by atoms with Gasteiger partial charge >= 0.3 is 0 Å². The zero-order valence-corrected chi connectivity index (χ0v) is 26.6. The molecule has 8 rings (SSSR count). The van der Waals surface area contributed by atoms with Crippen LogP contribution in [-0.2, 0) is 0 Å². The number of hydrogen-bond donors (Lipinski definition) is 2. The molecule has 0 radical (unpaired) electrons. The molecule has 5 nitrogen and oxygen atoms in total. The van der Waals surface area contributed by atoms with Crippen molar-refractivity contribution >= 4 is 39.1 Å². The van der Waals surface area contributed by atoms with Gasteiger partial charge in [0.25, 0.3) is 0 Å². The Kier molecular flexibility index (Phi) is 8.15. The number of benzene rings is 6. The van der Waals surface area contributed by atoms with Crippen molar-refractivity contribution in [1.29, 1.82) is 0 Å². The summed E-state index contributed by atoms with van der Waals surface area (Å²) in [7, 11) is 0. The molecule has 5 heteroatoms. The van der Waals surface area contributed by atoms with E-state index in [-0.39, 0.29) is 0 Å². The third-order valence-electron chi connectivity index (χ3n) is 8.40. The maximum atomic E-state index is 6.33. The summed E-state index contributed by atoms with van der Waals surface area (Å²) in [5.41, 5.74) is 12.4. The van der Waals surface area contributed by atoms with E-state index >= 15 is 0 Å². The number of aromatic nitrogens is 2. The van der Waals surface area contributed by atoms with Gasteiger partial charge in [0.1, 0.15) is 11.5 Å². The van der Waals surface area contributed by atoms with Crippen LogP contribution < -0.4 is 15.4 Å². The molecule has 49 heavy (non-hydrogen) atoms. The molecule has 7 aromatic rings. The summed E-state index contributed by atoms with van der Waals surface area (Å²) >= 11 is 0. The highest BCUT2D eigenvalue weighted by Gasteiger charge is 2.17. The van der Waals surface area contributed by atoms with Crippen LogP contribution in [0.1, 0.15) is 5.56 Å². The average molecular weight is 633 g/mol. The molecule has 1 aliphatic rings. The maximum absolute atomic E-state index is 6.33. The van der Waals surface area contributed by atoms with Crippen LogP contribution in [0.2, 0.25) is 0 Å². The van der Waals surface area contributed by atoms with E-state index in [1.807, 2.05) is 83.7 Å². The number of ether oxygens (including phenoxy) is 1. The smallest absolute Gasteiger partial charge is 0.129 e. The number of rotatable bonds is 9. The largest absolute Gasteiger partial charge is 0.457 e. The molecule has 0 bridgehead atoms. The molecule has 0 spiro atoms. The Morgan fingerprint density at radius 3 is 2.35 bits per heavy atom. The predicted molar refractivity (Wildman–Crippen MR) is 202 cm³/mol. The summed E-state index contributed by atoms with van der Waals surface area (Å²) in [6.07, 6.45) is 13.8. The van der Waals surface area contributed by atoms with E-state index in [1.54, 1.807) is 6.20 Å². The number of anilines is 4. The van der Waals surface area contributed by atoms with Gasteiger partial charge in [-0.1, -0.05) is 103 Å². The van der Waals surface area contributed by atoms with Crippen molar-refractivity contribution in [2.24, 2.45) is 0 Å². The maximum Gasteiger partial charge on any atom is 0.129 e. The van der Waals surface area contributed by atoms with Crippen LogP contribution in [0.25, 0.3) is 33.2 Å². The zero-order chi connectivity index (χ0) is 32.8. The Balaban J connectivity index is 1.19. The van der Waals surface area contributed by atoms with E-state index in [9.17, 15) is 0 Å². The Hall–Kier alpha value is -6.81. The third kappa shape index (κ3) is 6.43. The van der Waals surface area contributed by atoms with Gasteiger partial charge in [-0.25, -0.2) is 4.68 Å². The molecule has 0 amide bonds. The van der Waals surface area contributed by atoms with Gasteiger partial charge in [-0.15, -0.1) is 5.73 Å². The summed E-state index contributed by atoms with van der Waals surface area (Å²) in [5, 5.41) is 14.2. The van der Waals surface area contributed by atoms with Crippen LogP contribution in [0.4, 0.5) is 22.7 Å². The quantitative estimate of drug-likeness (QED) is 0.156. The highest BCUT2D eigenvalue weighted by Crippen LogP contribution is 2.42. The molecule has 0 saturated carbocycles. The first kappa shape index (κ1) is 29.6. The van der Waals surface area contributed by atoms with E-state index in [0.29, 0.717) is 0 Å². The van der Waals surface area contributed by atoms with Crippen molar-refractivity contribution in [3.05, 3.63) is 194 Å². The fourth-order valence-electron chi connectivity index (χ4n) is 6.10. The lowest BCUT2D eigenvalue weighted by molar-refractivity contribution is 0.482. The van der Waals surface area contributed by atoms with Gasteiger partial charge in [0.05, 0.1) is 22.7 Å². The van der Waals surface area contributed by atoms with Gasteiger partial charge in [-0.2, -0.15) is 5.10 Å². The van der Waals surface area contributed by atoms with Crippen molar-refractivity contribution in [2.75, 3.05) is 10.6 Å². The van der Waals surface area contributed by atoms with E-state index < -0.39 is 0 Å². The van der Waals surface area contributed by atoms with E-state index in [4.69, 9.17) is 4.74 Å². The van der Waals surface area contributed by atoms with Crippen molar-refractivity contribution in [1.82, 2.24) is 9.78 Å². The van der Waals surface area contributed by atoms with Crippen molar-refractivity contribution < 1.29 is 4.74 Å². The number of nitrogens with one attached hydrogen (secondary N) is 2. The molecule has 2 N–H and O–H groups in total. The van der Waals surface area contributed by atoms with Gasteiger partial charge < -0.3 is 15.4 Å². The Morgan fingerprint density at radius 1 is 0.633 bits per heavy atom. The van der Waals surface area contributed by atoms with Crippen LogP contribution in [0, 0.1) is 0 Å². The summed E-state index contributed by atoms with van der Waals surface area (Å²) < 4.78 is 8.15. The molecule has 1 heterocycles. The Morgan fingerprint density at radius 2 is 1.45 bits per heavy atom. The van der Waals surface area contributed by atoms with E-state index in [1.165, 1.54) is 0 Å². The first-order chi connectivity index (χ1) is 24.3. The van der Waals surface area contributed by atoms with Crippen molar-refractivity contribution in [2.45, 2.75) is 0 Å². The average Bonchev–Trinajstić information content (AvgIpc) is 3.56. The minimum absolute atomic E-state index is 0.725. The first-order valence-corrected chi connectivity index (χ1v) is 16.2. The van der Waals surface area contributed by atoms with Gasteiger partial charge in [0.2, 0.25) is 0 Å². The number of para-hydroxylation sites is 1. The number of nitrogens with zero attached hydrogens (tertiary/aromatic N) is 2. The van der Waals surface area contributed by atoms with Crippen molar-refractivity contribution in [3.8, 4) is 28.3 Å². The van der Waals surface area contributed by atoms with Crippen LogP contribution in [0.5, 0.6) is 11.5 Å². The minimum Gasteiger partial charge on any atom is -0.457 e. The Labute approximate surface area is 285 Å². The second kappa shape index (κ2) is 13.5. The Bertz CT molecular complexity index is 2400. The second-order valence-corrected chi connectivity index (χ2v) is 11.6. The topological polar surface area (TPSA) is 51.1 Å². The van der Waals surface area contributed by atoms with Crippen molar-refractivity contribution in [3.63, 3.8) is 0 Å². The molecule has 1 aliphatic carbocycles. The third-order valence-corrected chi connectivity index (χ3v) is 8.40.